The molecule has 0 unspecified atom stereocenters. The van der Waals surface area contributed by atoms with Crippen LogP contribution in [0, 0.1) is 11.6 Å². The summed E-state index contributed by atoms with van der Waals surface area (Å²) in [7, 11) is 0. The molecular formula is C17H10F2N2OS. The fraction of sp³-hybridized carbons (Fsp3) is 0.0588. The van der Waals surface area contributed by atoms with Gasteiger partial charge in [0.05, 0.1) is 5.69 Å². The summed E-state index contributed by atoms with van der Waals surface area (Å²) in [6.07, 6.45) is 0.757. The lowest BCUT2D eigenvalue weighted by Crippen LogP contribution is -2.15. The molecule has 1 aliphatic carbocycles. The molecule has 0 bridgehead atoms. The number of carbonyl (C=O) groups excluding carboxylic acids is 1. The van der Waals surface area contributed by atoms with Crippen LogP contribution in [0.25, 0.3) is 11.3 Å². The van der Waals surface area contributed by atoms with Crippen LogP contribution < -0.4 is 5.32 Å². The number of hydrogen-bond donors (Lipinski definition) is 1. The van der Waals surface area contributed by atoms with E-state index in [0.29, 0.717) is 5.13 Å². The van der Waals surface area contributed by atoms with Crippen molar-refractivity contribution in [1.82, 2.24) is 4.98 Å². The van der Waals surface area contributed by atoms with E-state index in [1.165, 1.54) is 23.0 Å². The molecule has 0 fully saturated rings. The number of halogens is 2. The summed E-state index contributed by atoms with van der Waals surface area (Å²) in [6.45, 7) is 0. The number of amides is 1. The smallest absolute Gasteiger partial charge is 0.263 e. The van der Waals surface area contributed by atoms with Gasteiger partial charge in [0, 0.05) is 16.9 Å². The van der Waals surface area contributed by atoms with Gasteiger partial charge < -0.3 is 0 Å². The van der Waals surface area contributed by atoms with Gasteiger partial charge in [0.1, 0.15) is 17.2 Å². The minimum atomic E-state index is -0.892. The molecule has 3 aromatic rings. The van der Waals surface area contributed by atoms with Crippen LogP contribution in [0.2, 0.25) is 0 Å². The average Bonchev–Trinajstić information content (AvgIpc) is 3.04. The van der Waals surface area contributed by atoms with Gasteiger partial charge in [0.2, 0.25) is 0 Å². The van der Waals surface area contributed by atoms with Gasteiger partial charge in [-0.2, -0.15) is 0 Å². The Morgan fingerprint density at radius 1 is 1.09 bits per heavy atom. The summed E-state index contributed by atoms with van der Waals surface area (Å²) in [5.41, 5.74) is 2.47. The first-order chi connectivity index (χ1) is 11.1. The molecule has 0 radical (unpaired) electrons. The van der Waals surface area contributed by atoms with Gasteiger partial charge in [-0.05, 0) is 17.7 Å². The maximum Gasteiger partial charge on any atom is 0.263 e. The van der Waals surface area contributed by atoms with Crippen LogP contribution in [0.15, 0.2) is 42.5 Å². The van der Waals surface area contributed by atoms with E-state index in [9.17, 15) is 13.6 Å². The number of benzene rings is 2. The van der Waals surface area contributed by atoms with Crippen molar-refractivity contribution < 1.29 is 13.6 Å². The second kappa shape index (κ2) is 5.24. The van der Waals surface area contributed by atoms with Crippen LogP contribution >= 0.6 is 11.3 Å². The fourth-order valence-electron chi connectivity index (χ4n) is 2.69. The molecular weight excluding hydrogens is 318 g/mol. The molecule has 0 saturated carbocycles. The molecule has 1 amide bonds. The molecule has 1 heterocycles. The van der Waals surface area contributed by atoms with Gasteiger partial charge in [-0.25, -0.2) is 13.8 Å². The van der Waals surface area contributed by atoms with E-state index in [2.05, 4.69) is 10.3 Å². The highest BCUT2D eigenvalue weighted by Gasteiger charge is 2.24. The Morgan fingerprint density at radius 2 is 1.83 bits per heavy atom. The molecule has 6 heteroatoms. The molecule has 1 aromatic heterocycles. The third-order valence-electron chi connectivity index (χ3n) is 3.73. The maximum absolute atomic E-state index is 13.6. The van der Waals surface area contributed by atoms with Crippen LogP contribution in [0.4, 0.5) is 13.9 Å². The molecule has 23 heavy (non-hydrogen) atoms. The van der Waals surface area contributed by atoms with Crippen molar-refractivity contribution in [2.24, 2.45) is 0 Å². The molecule has 0 atom stereocenters. The van der Waals surface area contributed by atoms with Crippen molar-refractivity contribution in [2.45, 2.75) is 6.42 Å². The van der Waals surface area contributed by atoms with Crippen LogP contribution in [0.5, 0.6) is 0 Å². The lowest BCUT2D eigenvalue weighted by atomic mass is 10.1. The summed E-state index contributed by atoms with van der Waals surface area (Å²) in [4.78, 5) is 17.5. The molecule has 3 nitrogen and oxygen atoms in total. The summed E-state index contributed by atoms with van der Waals surface area (Å²) < 4.78 is 27.3. The van der Waals surface area contributed by atoms with Crippen molar-refractivity contribution in [3.05, 3.63) is 70.1 Å². The summed E-state index contributed by atoms with van der Waals surface area (Å²) in [5, 5.41) is 2.83. The minimum Gasteiger partial charge on any atom is -0.298 e. The first-order valence-electron chi connectivity index (χ1n) is 6.97. The predicted octanol–water partition coefficient (Wildman–Crippen LogP) is 4.24. The average molecular weight is 328 g/mol. The molecule has 0 saturated heterocycles. The molecule has 0 spiro atoms. The van der Waals surface area contributed by atoms with Gasteiger partial charge >= 0.3 is 0 Å². The normalized spacial score (nSPS) is 11.9. The Balaban J connectivity index is 1.64. The lowest BCUT2D eigenvalue weighted by Gasteiger charge is -2.04. The van der Waals surface area contributed by atoms with Gasteiger partial charge in [-0.1, -0.05) is 30.3 Å². The highest BCUT2D eigenvalue weighted by Crippen LogP contribution is 2.40. The third-order valence-corrected chi connectivity index (χ3v) is 4.70. The number of thiazole rings is 1. The van der Waals surface area contributed by atoms with Crippen LogP contribution in [-0.4, -0.2) is 10.9 Å². The molecule has 1 N–H and O–H groups in total. The predicted molar refractivity (Wildman–Crippen MR) is 84.7 cm³/mol. The topological polar surface area (TPSA) is 42.0 Å². The van der Waals surface area contributed by atoms with E-state index < -0.39 is 23.1 Å². The van der Waals surface area contributed by atoms with Crippen molar-refractivity contribution in [2.75, 3.05) is 5.32 Å². The quantitative estimate of drug-likeness (QED) is 0.598. The Bertz CT molecular complexity index is 916. The molecule has 1 aliphatic rings. The molecule has 4 rings (SSSR count). The van der Waals surface area contributed by atoms with E-state index in [4.69, 9.17) is 0 Å². The summed E-state index contributed by atoms with van der Waals surface area (Å²) in [6, 6.07) is 11.2. The highest BCUT2D eigenvalue weighted by atomic mass is 32.1. The van der Waals surface area contributed by atoms with Gasteiger partial charge in [-0.3, -0.25) is 10.1 Å². The number of anilines is 1. The summed E-state index contributed by atoms with van der Waals surface area (Å²) in [5.74, 6) is -2.62. The third kappa shape index (κ3) is 2.31. The fourth-order valence-corrected chi connectivity index (χ4v) is 3.68. The highest BCUT2D eigenvalue weighted by molar-refractivity contribution is 7.16. The zero-order chi connectivity index (χ0) is 16.0. The first kappa shape index (κ1) is 14.0. The number of rotatable bonds is 2. The summed E-state index contributed by atoms with van der Waals surface area (Å²) >= 11 is 1.33. The number of hydrogen-bond acceptors (Lipinski definition) is 3. The number of nitrogens with zero attached hydrogens (tertiary/aromatic N) is 1. The molecule has 2 aromatic carbocycles. The van der Waals surface area contributed by atoms with Gasteiger partial charge in [0.25, 0.3) is 5.91 Å². The van der Waals surface area contributed by atoms with E-state index in [1.54, 1.807) is 0 Å². The van der Waals surface area contributed by atoms with Gasteiger partial charge in [-0.15, -0.1) is 11.3 Å². The van der Waals surface area contributed by atoms with Crippen molar-refractivity contribution in [1.29, 1.82) is 0 Å². The number of fused-ring (bicyclic) bond motifs is 3. The zero-order valence-corrected chi connectivity index (χ0v) is 12.6. The Labute approximate surface area is 134 Å². The number of nitrogens with one attached hydrogen (secondary N) is 1. The second-order valence-corrected chi connectivity index (χ2v) is 6.26. The van der Waals surface area contributed by atoms with Crippen LogP contribution in [0.1, 0.15) is 20.8 Å². The Kier molecular flexibility index (Phi) is 3.20. The van der Waals surface area contributed by atoms with E-state index in [-0.39, 0.29) is 0 Å². The molecule has 114 valence electrons. The van der Waals surface area contributed by atoms with Gasteiger partial charge in [0.15, 0.2) is 5.13 Å². The Hall–Kier alpha value is -2.60. The van der Waals surface area contributed by atoms with E-state index in [0.717, 1.165) is 34.7 Å². The lowest BCUT2D eigenvalue weighted by molar-refractivity contribution is 0.101. The molecule has 0 aliphatic heterocycles. The second-order valence-electron chi connectivity index (χ2n) is 5.18. The minimum absolute atomic E-state index is 0.345. The van der Waals surface area contributed by atoms with E-state index in [1.807, 2.05) is 24.3 Å². The Morgan fingerprint density at radius 3 is 2.61 bits per heavy atom. The number of carbonyl (C=O) groups is 1. The van der Waals surface area contributed by atoms with Crippen LogP contribution in [0.3, 0.4) is 0 Å². The monoisotopic (exact) mass is 328 g/mol. The van der Waals surface area contributed by atoms with Crippen molar-refractivity contribution >= 4 is 22.4 Å². The maximum atomic E-state index is 13.6. The standard InChI is InChI=1S/C17H10F2N2OS/c18-11-6-3-7-12(19)14(11)16(22)21-17-20-15-10-5-2-1-4-9(10)8-13(15)23-17/h1-7H,8H2,(H,20,21,22). The van der Waals surface area contributed by atoms with E-state index >= 15 is 0 Å². The zero-order valence-electron chi connectivity index (χ0n) is 11.8. The van der Waals surface area contributed by atoms with Crippen molar-refractivity contribution in [3.8, 4) is 11.3 Å². The largest absolute Gasteiger partial charge is 0.298 e. The number of aromatic nitrogens is 1. The van der Waals surface area contributed by atoms with Crippen LogP contribution in [-0.2, 0) is 6.42 Å². The SMILES string of the molecule is O=C(Nc1nc2c(s1)Cc1ccccc1-2)c1c(F)cccc1F. The van der Waals surface area contributed by atoms with Crippen molar-refractivity contribution in [3.63, 3.8) is 0 Å². The first-order valence-corrected chi connectivity index (χ1v) is 7.78.